The van der Waals surface area contributed by atoms with Crippen LogP contribution in [0, 0.1) is 0 Å². The number of amides is 1. The molecule has 1 unspecified atom stereocenters. The van der Waals surface area contributed by atoms with Crippen molar-refractivity contribution in [3.05, 3.63) is 36.7 Å². The van der Waals surface area contributed by atoms with E-state index in [4.69, 9.17) is 4.74 Å². The lowest BCUT2D eigenvalue weighted by Crippen LogP contribution is -2.34. The third kappa shape index (κ3) is 3.66. The molecule has 0 radical (unpaired) electrons. The summed E-state index contributed by atoms with van der Waals surface area (Å²) in [5, 5.41) is 7.18. The number of aromatic nitrogens is 3. The molecule has 2 aromatic rings. The second-order valence-corrected chi connectivity index (χ2v) is 5.07. The average molecular weight is 286 g/mol. The summed E-state index contributed by atoms with van der Waals surface area (Å²) < 4.78 is 7.01. The number of benzene rings is 1. The van der Waals surface area contributed by atoms with Gasteiger partial charge in [-0.15, -0.1) is 0 Å². The minimum absolute atomic E-state index is 0.0741. The molecule has 1 amide bonds. The summed E-state index contributed by atoms with van der Waals surface area (Å²) in [4.78, 5) is 16.1. The van der Waals surface area contributed by atoms with Crippen molar-refractivity contribution in [3.8, 4) is 11.4 Å². The van der Waals surface area contributed by atoms with Crippen molar-refractivity contribution in [3.63, 3.8) is 0 Å². The third-order valence-electron chi connectivity index (χ3n) is 3.42. The third-order valence-corrected chi connectivity index (χ3v) is 3.42. The maximum absolute atomic E-state index is 11.9. The molecule has 6 nitrogen and oxygen atoms in total. The molecular formula is C15H18N4O2. The molecule has 1 aliphatic heterocycles. The van der Waals surface area contributed by atoms with Gasteiger partial charge in [0.25, 0.3) is 0 Å². The van der Waals surface area contributed by atoms with Crippen molar-refractivity contribution < 1.29 is 9.53 Å². The van der Waals surface area contributed by atoms with Gasteiger partial charge in [0.15, 0.2) is 5.82 Å². The van der Waals surface area contributed by atoms with Crippen LogP contribution in [-0.4, -0.2) is 39.9 Å². The predicted molar refractivity (Wildman–Crippen MR) is 77.4 cm³/mol. The zero-order valence-electron chi connectivity index (χ0n) is 11.7. The first kappa shape index (κ1) is 13.8. The first-order valence-electron chi connectivity index (χ1n) is 7.14. The molecule has 1 N–H and O–H groups in total. The zero-order chi connectivity index (χ0) is 14.5. The van der Waals surface area contributed by atoms with Crippen LogP contribution in [0.3, 0.4) is 0 Å². The summed E-state index contributed by atoms with van der Waals surface area (Å²) in [6, 6.07) is 9.70. The summed E-state index contributed by atoms with van der Waals surface area (Å²) >= 11 is 0. The number of ether oxygens (including phenoxy) is 1. The second-order valence-electron chi connectivity index (χ2n) is 5.07. The largest absolute Gasteiger partial charge is 0.376 e. The molecule has 1 aliphatic rings. The summed E-state index contributed by atoms with van der Waals surface area (Å²) in [5.74, 6) is 0.553. The minimum atomic E-state index is -0.0741. The van der Waals surface area contributed by atoms with Gasteiger partial charge in [0.05, 0.1) is 6.10 Å². The predicted octanol–water partition coefficient (Wildman–Crippen LogP) is 1.24. The van der Waals surface area contributed by atoms with Crippen LogP contribution < -0.4 is 5.32 Å². The van der Waals surface area contributed by atoms with Gasteiger partial charge in [-0.1, -0.05) is 30.3 Å². The van der Waals surface area contributed by atoms with Crippen molar-refractivity contribution >= 4 is 5.91 Å². The molecule has 0 bridgehead atoms. The van der Waals surface area contributed by atoms with E-state index in [9.17, 15) is 4.79 Å². The number of hydrogen-bond acceptors (Lipinski definition) is 4. The van der Waals surface area contributed by atoms with Gasteiger partial charge in [0, 0.05) is 18.7 Å². The van der Waals surface area contributed by atoms with E-state index in [0.29, 0.717) is 12.4 Å². The molecule has 1 fully saturated rings. The van der Waals surface area contributed by atoms with E-state index in [2.05, 4.69) is 15.4 Å². The van der Waals surface area contributed by atoms with E-state index in [1.165, 1.54) is 0 Å². The summed E-state index contributed by atoms with van der Waals surface area (Å²) in [6.45, 7) is 1.54. The molecule has 2 heterocycles. The van der Waals surface area contributed by atoms with Gasteiger partial charge in [0.1, 0.15) is 12.9 Å². The molecular weight excluding hydrogens is 268 g/mol. The Labute approximate surface area is 123 Å². The van der Waals surface area contributed by atoms with Crippen molar-refractivity contribution in [2.75, 3.05) is 13.2 Å². The number of nitrogens with one attached hydrogen (secondary N) is 1. The molecule has 21 heavy (non-hydrogen) atoms. The Hall–Kier alpha value is -2.21. The van der Waals surface area contributed by atoms with Gasteiger partial charge in [-0.2, -0.15) is 5.10 Å². The average Bonchev–Trinajstić information content (AvgIpc) is 3.17. The van der Waals surface area contributed by atoms with E-state index in [1.807, 2.05) is 30.3 Å². The van der Waals surface area contributed by atoms with Gasteiger partial charge in [0.2, 0.25) is 5.91 Å². The zero-order valence-corrected chi connectivity index (χ0v) is 11.7. The van der Waals surface area contributed by atoms with E-state index in [0.717, 1.165) is 25.0 Å². The molecule has 0 aliphatic carbocycles. The Kier molecular flexibility index (Phi) is 4.25. The fourth-order valence-electron chi connectivity index (χ4n) is 2.33. The maximum Gasteiger partial charge on any atom is 0.241 e. The van der Waals surface area contributed by atoms with Crippen molar-refractivity contribution in [2.24, 2.45) is 0 Å². The quantitative estimate of drug-likeness (QED) is 0.898. The topological polar surface area (TPSA) is 69.0 Å². The van der Waals surface area contributed by atoms with Gasteiger partial charge >= 0.3 is 0 Å². The Morgan fingerprint density at radius 2 is 2.24 bits per heavy atom. The Balaban J connectivity index is 1.53. The Bertz CT molecular complexity index is 591. The van der Waals surface area contributed by atoms with E-state index < -0.39 is 0 Å². The number of carbonyl (C=O) groups is 1. The van der Waals surface area contributed by atoms with Crippen LogP contribution >= 0.6 is 0 Å². The monoisotopic (exact) mass is 286 g/mol. The molecule has 1 saturated heterocycles. The summed E-state index contributed by atoms with van der Waals surface area (Å²) in [7, 11) is 0. The smallest absolute Gasteiger partial charge is 0.241 e. The molecule has 1 aromatic carbocycles. The van der Waals surface area contributed by atoms with Gasteiger partial charge < -0.3 is 10.1 Å². The van der Waals surface area contributed by atoms with E-state index in [1.54, 1.807) is 11.0 Å². The van der Waals surface area contributed by atoms with Gasteiger partial charge in [-0.25, -0.2) is 9.67 Å². The normalized spacial score (nSPS) is 17.8. The van der Waals surface area contributed by atoms with Crippen molar-refractivity contribution in [2.45, 2.75) is 25.5 Å². The Morgan fingerprint density at radius 3 is 3.00 bits per heavy atom. The molecule has 1 atom stereocenters. The van der Waals surface area contributed by atoms with Crippen LogP contribution in [0.25, 0.3) is 11.4 Å². The molecule has 6 heteroatoms. The van der Waals surface area contributed by atoms with Crippen LogP contribution in [-0.2, 0) is 16.1 Å². The fourth-order valence-corrected chi connectivity index (χ4v) is 2.33. The first-order valence-corrected chi connectivity index (χ1v) is 7.14. The molecule has 0 saturated carbocycles. The minimum Gasteiger partial charge on any atom is -0.376 e. The molecule has 0 spiro atoms. The summed E-state index contributed by atoms with van der Waals surface area (Å²) in [5.41, 5.74) is 0.941. The lowest BCUT2D eigenvalue weighted by atomic mass is 10.2. The van der Waals surface area contributed by atoms with Gasteiger partial charge in [-0.05, 0) is 12.8 Å². The highest BCUT2D eigenvalue weighted by Gasteiger charge is 2.16. The number of carbonyl (C=O) groups excluding carboxylic acids is 1. The SMILES string of the molecule is O=C(Cn1cnc(-c2ccccc2)n1)NCC1CCCO1. The molecule has 1 aromatic heterocycles. The number of nitrogens with zero attached hydrogens (tertiary/aromatic N) is 3. The molecule has 110 valence electrons. The highest BCUT2D eigenvalue weighted by atomic mass is 16.5. The lowest BCUT2D eigenvalue weighted by Gasteiger charge is -2.10. The van der Waals surface area contributed by atoms with Crippen LogP contribution in [0.15, 0.2) is 36.7 Å². The second kappa shape index (κ2) is 6.49. The molecule has 3 rings (SSSR count). The number of rotatable bonds is 5. The van der Waals surface area contributed by atoms with Crippen LogP contribution in [0.1, 0.15) is 12.8 Å². The van der Waals surface area contributed by atoms with Crippen molar-refractivity contribution in [1.82, 2.24) is 20.1 Å². The van der Waals surface area contributed by atoms with Crippen LogP contribution in [0.2, 0.25) is 0 Å². The van der Waals surface area contributed by atoms with E-state index >= 15 is 0 Å². The van der Waals surface area contributed by atoms with Crippen molar-refractivity contribution in [1.29, 1.82) is 0 Å². The lowest BCUT2D eigenvalue weighted by molar-refractivity contribution is -0.122. The van der Waals surface area contributed by atoms with E-state index in [-0.39, 0.29) is 18.6 Å². The number of hydrogen-bond donors (Lipinski definition) is 1. The highest BCUT2D eigenvalue weighted by molar-refractivity contribution is 5.75. The highest BCUT2D eigenvalue weighted by Crippen LogP contribution is 2.13. The van der Waals surface area contributed by atoms with Crippen LogP contribution in [0.4, 0.5) is 0 Å². The first-order chi connectivity index (χ1) is 10.3. The maximum atomic E-state index is 11.9. The Morgan fingerprint density at radius 1 is 1.38 bits per heavy atom. The standard InChI is InChI=1S/C15H18N4O2/c20-14(16-9-13-7-4-8-21-13)10-19-11-17-15(18-19)12-5-2-1-3-6-12/h1-3,5-6,11,13H,4,7-10H2,(H,16,20). The fraction of sp³-hybridized carbons (Fsp3) is 0.400. The van der Waals surface area contributed by atoms with Crippen LogP contribution in [0.5, 0.6) is 0 Å². The van der Waals surface area contributed by atoms with Gasteiger partial charge in [-0.3, -0.25) is 4.79 Å². The summed E-state index contributed by atoms with van der Waals surface area (Å²) in [6.07, 6.45) is 3.82.